The van der Waals surface area contributed by atoms with Crippen LogP contribution in [0.25, 0.3) is 22.7 Å². The summed E-state index contributed by atoms with van der Waals surface area (Å²) in [7, 11) is 0. The number of fused-ring (bicyclic) bond motifs is 1. The van der Waals surface area contributed by atoms with Crippen molar-refractivity contribution in [2.24, 2.45) is 0 Å². The Morgan fingerprint density at radius 2 is 1.97 bits per heavy atom. The van der Waals surface area contributed by atoms with Crippen LogP contribution in [0.5, 0.6) is 0 Å². The first-order valence-electron chi connectivity index (χ1n) is 9.88. The third kappa shape index (κ3) is 3.66. The summed E-state index contributed by atoms with van der Waals surface area (Å²) in [5.74, 6) is -0.00737. The number of aromatic nitrogens is 4. The molecule has 0 saturated carbocycles. The van der Waals surface area contributed by atoms with E-state index in [0.717, 1.165) is 12.1 Å². The van der Waals surface area contributed by atoms with Crippen LogP contribution in [-0.4, -0.2) is 32.4 Å². The Hall–Kier alpha value is -3.66. The Kier molecular flexibility index (Phi) is 4.97. The maximum atomic E-state index is 13.4. The predicted molar refractivity (Wildman–Crippen MR) is 114 cm³/mol. The number of halogens is 4. The molecule has 1 aromatic carbocycles. The molecule has 0 bridgehead atoms. The van der Waals surface area contributed by atoms with Crippen molar-refractivity contribution in [1.29, 1.82) is 0 Å². The summed E-state index contributed by atoms with van der Waals surface area (Å²) in [5, 5.41) is 7.93. The lowest BCUT2D eigenvalue weighted by atomic mass is 10.1. The molecule has 1 amide bonds. The van der Waals surface area contributed by atoms with Crippen molar-refractivity contribution in [3.63, 3.8) is 0 Å². The number of hydrogen-bond donors (Lipinski definition) is 0. The number of rotatable bonds is 3. The van der Waals surface area contributed by atoms with E-state index in [0.29, 0.717) is 22.7 Å². The zero-order chi connectivity index (χ0) is 23.3. The van der Waals surface area contributed by atoms with Crippen LogP contribution < -0.4 is 4.90 Å². The van der Waals surface area contributed by atoms with Gasteiger partial charge >= 0.3 is 6.18 Å². The van der Waals surface area contributed by atoms with Crippen molar-refractivity contribution in [3.05, 3.63) is 71.1 Å². The molecule has 0 spiro atoms. The molecule has 0 saturated heterocycles. The van der Waals surface area contributed by atoms with Crippen molar-refractivity contribution in [3.8, 4) is 22.7 Å². The summed E-state index contributed by atoms with van der Waals surface area (Å²) in [6, 6.07) is 10.0. The van der Waals surface area contributed by atoms with Gasteiger partial charge in [-0.3, -0.25) is 14.5 Å². The second kappa shape index (κ2) is 7.73. The molecule has 4 aromatic rings. The van der Waals surface area contributed by atoms with Crippen LogP contribution in [0.3, 0.4) is 0 Å². The number of amides is 1. The van der Waals surface area contributed by atoms with Gasteiger partial charge in [0.25, 0.3) is 5.91 Å². The molecule has 168 valence electrons. The molecule has 1 atom stereocenters. The molecule has 33 heavy (non-hydrogen) atoms. The highest BCUT2D eigenvalue weighted by Crippen LogP contribution is 2.38. The van der Waals surface area contributed by atoms with Crippen molar-refractivity contribution in [1.82, 2.24) is 19.9 Å². The van der Waals surface area contributed by atoms with Gasteiger partial charge in [-0.05, 0) is 37.3 Å². The minimum Gasteiger partial charge on any atom is -0.354 e. The Morgan fingerprint density at radius 3 is 2.67 bits per heavy atom. The van der Waals surface area contributed by atoms with E-state index in [9.17, 15) is 18.0 Å². The van der Waals surface area contributed by atoms with Gasteiger partial charge in [0.1, 0.15) is 17.1 Å². The van der Waals surface area contributed by atoms with Gasteiger partial charge < -0.3 is 9.42 Å². The number of benzene rings is 1. The molecule has 0 fully saturated rings. The van der Waals surface area contributed by atoms with E-state index in [1.165, 1.54) is 17.2 Å². The maximum absolute atomic E-state index is 13.4. The summed E-state index contributed by atoms with van der Waals surface area (Å²) in [5.41, 5.74) is 0.979. The molecule has 3 aromatic heterocycles. The molecule has 1 aliphatic heterocycles. The lowest BCUT2D eigenvalue weighted by molar-refractivity contribution is -0.137. The minimum atomic E-state index is -4.58. The zero-order valence-electron chi connectivity index (χ0n) is 17.0. The third-order valence-corrected chi connectivity index (χ3v) is 5.69. The van der Waals surface area contributed by atoms with Crippen molar-refractivity contribution in [2.75, 3.05) is 11.4 Å². The zero-order valence-corrected chi connectivity index (χ0v) is 17.8. The van der Waals surface area contributed by atoms with Crippen LogP contribution in [0, 0.1) is 0 Å². The maximum Gasteiger partial charge on any atom is 0.417 e. The Balaban J connectivity index is 1.53. The van der Waals surface area contributed by atoms with Crippen molar-refractivity contribution < 1.29 is 22.5 Å². The topological polar surface area (TPSA) is 77.1 Å². The Labute approximate surface area is 190 Å². The molecule has 7 nitrogen and oxygen atoms in total. The fourth-order valence-electron chi connectivity index (χ4n) is 3.81. The van der Waals surface area contributed by atoms with Gasteiger partial charge in [0.15, 0.2) is 5.76 Å². The van der Waals surface area contributed by atoms with Gasteiger partial charge in [-0.2, -0.15) is 18.3 Å². The number of pyridine rings is 1. The molecule has 0 N–H and O–H groups in total. The SMILES string of the molecule is C[C@H]1CN(c2ccc(C(F)(F)F)c(Cl)c2)C(=O)c2c(-c3cc(-c4ccccn4)on3)cnn21. The van der Waals surface area contributed by atoms with Crippen LogP contribution in [0.4, 0.5) is 18.9 Å². The number of nitrogens with zero attached hydrogens (tertiary/aromatic N) is 5. The lowest BCUT2D eigenvalue weighted by Gasteiger charge is -2.32. The predicted octanol–water partition coefficient (Wildman–Crippen LogP) is 5.49. The average molecular weight is 474 g/mol. The Bertz CT molecular complexity index is 1350. The average Bonchev–Trinajstić information content (AvgIpc) is 3.43. The van der Waals surface area contributed by atoms with Gasteiger partial charge in [-0.25, -0.2) is 0 Å². The summed E-state index contributed by atoms with van der Waals surface area (Å²) in [6.07, 6.45) is -1.44. The van der Waals surface area contributed by atoms with E-state index in [2.05, 4.69) is 15.2 Å². The molecular formula is C22H15ClF3N5O2. The number of hydrogen-bond acceptors (Lipinski definition) is 5. The lowest BCUT2D eigenvalue weighted by Crippen LogP contribution is -2.42. The molecule has 0 aliphatic carbocycles. The van der Waals surface area contributed by atoms with E-state index in [1.54, 1.807) is 29.1 Å². The van der Waals surface area contributed by atoms with Gasteiger partial charge in [-0.15, -0.1) is 0 Å². The molecular weight excluding hydrogens is 459 g/mol. The molecule has 0 radical (unpaired) electrons. The molecule has 11 heteroatoms. The Morgan fingerprint density at radius 1 is 1.15 bits per heavy atom. The largest absolute Gasteiger partial charge is 0.417 e. The first kappa shape index (κ1) is 21.2. The van der Waals surface area contributed by atoms with Gasteiger partial charge in [0.2, 0.25) is 0 Å². The van der Waals surface area contributed by atoms with E-state index in [4.69, 9.17) is 16.1 Å². The number of alkyl halides is 3. The summed E-state index contributed by atoms with van der Waals surface area (Å²) in [6.45, 7) is 2.07. The summed E-state index contributed by atoms with van der Waals surface area (Å²) < 4.78 is 46.2. The minimum absolute atomic E-state index is 0.215. The van der Waals surface area contributed by atoms with Crippen LogP contribution >= 0.6 is 11.6 Å². The quantitative estimate of drug-likeness (QED) is 0.393. The van der Waals surface area contributed by atoms with Crippen LogP contribution in [0.1, 0.15) is 29.0 Å². The van der Waals surface area contributed by atoms with Crippen molar-refractivity contribution in [2.45, 2.75) is 19.1 Å². The number of carbonyl (C=O) groups is 1. The van der Waals surface area contributed by atoms with E-state index in [-0.39, 0.29) is 24.0 Å². The van der Waals surface area contributed by atoms with Crippen molar-refractivity contribution >= 4 is 23.2 Å². The fraction of sp³-hybridized carbons (Fsp3) is 0.182. The second-order valence-corrected chi connectivity index (χ2v) is 7.98. The first-order valence-corrected chi connectivity index (χ1v) is 10.3. The highest BCUT2D eigenvalue weighted by atomic mass is 35.5. The highest BCUT2D eigenvalue weighted by Gasteiger charge is 2.37. The first-order chi connectivity index (χ1) is 15.7. The standard InChI is InChI=1S/C22H15ClF3N5O2/c1-12-11-30(13-5-6-15(16(23)8-13)22(24,25)26)21(32)20-14(10-28-31(12)20)18-9-19(33-29-18)17-4-2-3-7-27-17/h2-10,12H,11H2,1H3/t12-/m0/s1. The van der Waals surface area contributed by atoms with E-state index >= 15 is 0 Å². The smallest absolute Gasteiger partial charge is 0.354 e. The molecule has 0 unspecified atom stereocenters. The third-order valence-electron chi connectivity index (χ3n) is 5.38. The second-order valence-electron chi connectivity index (χ2n) is 7.57. The molecule has 4 heterocycles. The van der Waals surface area contributed by atoms with Crippen LogP contribution in [0.15, 0.2) is 59.4 Å². The summed E-state index contributed by atoms with van der Waals surface area (Å²) >= 11 is 5.88. The van der Waals surface area contributed by atoms with E-state index in [1.807, 2.05) is 13.0 Å². The number of carbonyl (C=O) groups excluding carboxylic acids is 1. The molecule has 1 aliphatic rings. The van der Waals surface area contributed by atoms with Crippen LogP contribution in [0.2, 0.25) is 5.02 Å². The fourth-order valence-corrected chi connectivity index (χ4v) is 4.09. The van der Waals surface area contributed by atoms with Gasteiger partial charge in [-0.1, -0.05) is 22.8 Å². The summed E-state index contributed by atoms with van der Waals surface area (Å²) in [4.78, 5) is 19.0. The normalized spacial score (nSPS) is 16.2. The van der Waals surface area contributed by atoms with Gasteiger partial charge in [0, 0.05) is 24.5 Å². The van der Waals surface area contributed by atoms with E-state index < -0.39 is 22.7 Å². The monoisotopic (exact) mass is 473 g/mol. The van der Waals surface area contributed by atoms with Gasteiger partial charge in [0.05, 0.1) is 28.4 Å². The van der Waals surface area contributed by atoms with Crippen LogP contribution in [-0.2, 0) is 6.18 Å². The molecule has 5 rings (SSSR count). The number of anilines is 1. The highest BCUT2D eigenvalue weighted by molar-refractivity contribution is 6.31.